The van der Waals surface area contributed by atoms with Crippen LogP contribution in [0.3, 0.4) is 0 Å². The molecule has 0 bridgehead atoms. The van der Waals surface area contributed by atoms with Crippen molar-refractivity contribution in [2.45, 2.75) is 15.2 Å². The fourth-order valence-electron chi connectivity index (χ4n) is 8.44. The quantitative estimate of drug-likeness (QED) is 0.188. The van der Waals surface area contributed by atoms with E-state index in [-0.39, 0.29) is 0 Å². The fourth-order valence-corrected chi connectivity index (χ4v) is 9.63. The standard InChI is InChI=1S/C47H28N2OS/c1-3-13-29(14-4-1)38-28-39(49-46(48-38)30-15-5-2-6-16-30)31-23-24-33-41(27-31)50-40-26-25-37-44(45(33)40)32-17-7-8-18-34(32)47(37)35-19-9-11-21-42(35)51-43-22-12-10-20-36(43)47/h1-28H. The second-order valence-corrected chi connectivity index (χ2v) is 14.3. The predicted octanol–water partition coefficient (Wildman–Crippen LogP) is 12.2. The lowest BCUT2D eigenvalue weighted by molar-refractivity contribution is 0.668. The van der Waals surface area contributed by atoms with Gasteiger partial charge in [0, 0.05) is 37.3 Å². The third-order valence-electron chi connectivity index (χ3n) is 10.6. The zero-order chi connectivity index (χ0) is 33.5. The first-order chi connectivity index (χ1) is 25.3. The molecule has 1 aliphatic carbocycles. The fraction of sp³-hybridized carbons (Fsp3) is 0.0213. The first-order valence-electron chi connectivity index (χ1n) is 17.2. The molecule has 0 saturated carbocycles. The monoisotopic (exact) mass is 668 g/mol. The molecule has 0 atom stereocenters. The van der Waals surface area contributed by atoms with E-state index in [1.54, 1.807) is 0 Å². The second-order valence-electron chi connectivity index (χ2n) is 13.3. The molecule has 238 valence electrons. The summed E-state index contributed by atoms with van der Waals surface area (Å²) in [5.41, 5.74) is 13.9. The Bertz CT molecular complexity index is 2740. The zero-order valence-electron chi connectivity index (χ0n) is 27.4. The molecule has 1 aliphatic heterocycles. The van der Waals surface area contributed by atoms with Crippen LogP contribution in [0.1, 0.15) is 22.3 Å². The molecule has 0 amide bonds. The molecule has 2 aromatic heterocycles. The van der Waals surface area contributed by atoms with Crippen LogP contribution in [0.5, 0.6) is 0 Å². The highest BCUT2D eigenvalue weighted by atomic mass is 32.2. The van der Waals surface area contributed by atoms with E-state index in [9.17, 15) is 0 Å². The van der Waals surface area contributed by atoms with Gasteiger partial charge in [-0.2, -0.15) is 0 Å². The molecule has 11 rings (SSSR count). The number of hydrogen-bond donors (Lipinski definition) is 0. The van der Waals surface area contributed by atoms with E-state index in [1.165, 1.54) is 43.2 Å². The Morgan fingerprint density at radius 3 is 1.78 bits per heavy atom. The summed E-state index contributed by atoms with van der Waals surface area (Å²) in [6.07, 6.45) is 0. The Labute approximate surface area is 299 Å². The number of benzene rings is 7. The van der Waals surface area contributed by atoms with Gasteiger partial charge in [0.15, 0.2) is 5.82 Å². The number of fused-ring (bicyclic) bond motifs is 13. The molecule has 51 heavy (non-hydrogen) atoms. The molecule has 0 radical (unpaired) electrons. The minimum absolute atomic E-state index is 0.426. The predicted molar refractivity (Wildman–Crippen MR) is 207 cm³/mol. The summed E-state index contributed by atoms with van der Waals surface area (Å²) < 4.78 is 6.75. The average Bonchev–Trinajstić information content (AvgIpc) is 3.72. The lowest BCUT2D eigenvalue weighted by atomic mass is 9.67. The van der Waals surface area contributed by atoms with Crippen LogP contribution < -0.4 is 0 Å². The van der Waals surface area contributed by atoms with E-state index >= 15 is 0 Å². The van der Waals surface area contributed by atoms with Crippen LogP contribution in [0.4, 0.5) is 0 Å². The van der Waals surface area contributed by atoms with Gasteiger partial charge in [-0.05, 0) is 69.8 Å². The summed E-state index contributed by atoms with van der Waals surface area (Å²) in [5, 5.41) is 2.26. The van der Waals surface area contributed by atoms with Crippen molar-refractivity contribution in [1.82, 2.24) is 9.97 Å². The maximum absolute atomic E-state index is 6.75. The molecule has 1 spiro atoms. The first kappa shape index (κ1) is 28.6. The van der Waals surface area contributed by atoms with E-state index in [1.807, 2.05) is 48.2 Å². The van der Waals surface area contributed by atoms with Gasteiger partial charge in [0.1, 0.15) is 11.2 Å². The Balaban J connectivity index is 1.15. The number of nitrogens with zero attached hydrogens (tertiary/aromatic N) is 2. The molecular weight excluding hydrogens is 641 g/mol. The van der Waals surface area contributed by atoms with Crippen LogP contribution in [-0.4, -0.2) is 9.97 Å². The van der Waals surface area contributed by atoms with E-state index < -0.39 is 5.41 Å². The van der Waals surface area contributed by atoms with Crippen LogP contribution in [-0.2, 0) is 5.41 Å². The van der Waals surface area contributed by atoms with Crippen LogP contribution in [0, 0.1) is 0 Å². The summed E-state index contributed by atoms with van der Waals surface area (Å²) in [4.78, 5) is 12.7. The molecular formula is C47H28N2OS. The molecule has 0 saturated heterocycles. The van der Waals surface area contributed by atoms with Crippen molar-refractivity contribution in [1.29, 1.82) is 0 Å². The summed E-state index contributed by atoms with van der Waals surface area (Å²) in [6.45, 7) is 0. The van der Waals surface area contributed by atoms with Crippen LogP contribution in [0.2, 0.25) is 0 Å². The van der Waals surface area contributed by atoms with Gasteiger partial charge >= 0.3 is 0 Å². The maximum Gasteiger partial charge on any atom is 0.160 e. The zero-order valence-corrected chi connectivity index (χ0v) is 28.2. The first-order valence-corrected chi connectivity index (χ1v) is 18.1. The summed E-state index contributed by atoms with van der Waals surface area (Å²) >= 11 is 1.87. The molecule has 0 fully saturated rings. The molecule has 3 nitrogen and oxygen atoms in total. The normalized spacial score (nSPS) is 13.6. The third kappa shape index (κ3) is 4.08. The average molecular weight is 669 g/mol. The smallest absolute Gasteiger partial charge is 0.160 e. The van der Waals surface area contributed by atoms with Crippen LogP contribution >= 0.6 is 11.8 Å². The van der Waals surface area contributed by atoms with Crippen LogP contribution in [0.15, 0.2) is 184 Å². The molecule has 4 heteroatoms. The van der Waals surface area contributed by atoms with Gasteiger partial charge in [-0.3, -0.25) is 0 Å². The van der Waals surface area contributed by atoms with Gasteiger partial charge in [0.05, 0.1) is 16.8 Å². The van der Waals surface area contributed by atoms with Gasteiger partial charge in [-0.15, -0.1) is 0 Å². The van der Waals surface area contributed by atoms with Crippen molar-refractivity contribution in [2.24, 2.45) is 0 Å². The molecule has 3 heterocycles. The third-order valence-corrected chi connectivity index (χ3v) is 11.7. The van der Waals surface area contributed by atoms with Crippen LogP contribution in [0.25, 0.3) is 67.0 Å². The van der Waals surface area contributed by atoms with Crippen molar-refractivity contribution in [2.75, 3.05) is 0 Å². The number of aromatic nitrogens is 2. The highest BCUT2D eigenvalue weighted by Gasteiger charge is 2.50. The summed E-state index contributed by atoms with van der Waals surface area (Å²) in [5.74, 6) is 0.697. The van der Waals surface area contributed by atoms with Crippen molar-refractivity contribution in [3.63, 3.8) is 0 Å². The maximum atomic E-state index is 6.75. The Morgan fingerprint density at radius 1 is 0.451 bits per heavy atom. The topological polar surface area (TPSA) is 38.9 Å². The van der Waals surface area contributed by atoms with Gasteiger partial charge in [0.25, 0.3) is 0 Å². The lowest BCUT2D eigenvalue weighted by Gasteiger charge is -2.39. The van der Waals surface area contributed by atoms with Gasteiger partial charge < -0.3 is 4.42 Å². The number of hydrogen-bond acceptors (Lipinski definition) is 4. The van der Waals surface area contributed by atoms with Gasteiger partial charge in [0.2, 0.25) is 0 Å². The Hall–Kier alpha value is -6.23. The van der Waals surface area contributed by atoms with Crippen molar-refractivity contribution in [3.8, 4) is 45.0 Å². The van der Waals surface area contributed by atoms with Crippen molar-refractivity contribution >= 4 is 33.7 Å². The van der Waals surface area contributed by atoms with E-state index in [2.05, 4.69) is 133 Å². The molecule has 0 unspecified atom stereocenters. The lowest BCUT2D eigenvalue weighted by Crippen LogP contribution is -2.31. The molecule has 9 aromatic rings. The van der Waals surface area contributed by atoms with E-state index in [4.69, 9.17) is 14.4 Å². The number of furan rings is 1. The molecule has 7 aromatic carbocycles. The van der Waals surface area contributed by atoms with Gasteiger partial charge in [-0.1, -0.05) is 145 Å². The van der Waals surface area contributed by atoms with Crippen molar-refractivity contribution in [3.05, 3.63) is 192 Å². The molecule has 2 aliphatic rings. The summed E-state index contributed by atoms with van der Waals surface area (Å²) in [7, 11) is 0. The number of rotatable bonds is 3. The minimum Gasteiger partial charge on any atom is -0.456 e. The highest BCUT2D eigenvalue weighted by Crippen LogP contribution is 2.63. The summed E-state index contributed by atoms with van der Waals surface area (Å²) in [6, 6.07) is 60.4. The van der Waals surface area contributed by atoms with Gasteiger partial charge in [-0.25, -0.2) is 9.97 Å². The van der Waals surface area contributed by atoms with E-state index in [0.29, 0.717) is 5.82 Å². The molecule has 0 N–H and O–H groups in total. The largest absolute Gasteiger partial charge is 0.456 e. The minimum atomic E-state index is -0.426. The SMILES string of the molecule is c1ccc(-c2cc(-c3ccc4c(c3)oc3ccc5c(c34)-c3ccccc3C53c4ccccc4Sc4ccccc43)nc(-c3ccccc3)n2)cc1. The second kappa shape index (κ2) is 10.9. The highest BCUT2D eigenvalue weighted by molar-refractivity contribution is 7.99. The van der Waals surface area contributed by atoms with Crippen molar-refractivity contribution < 1.29 is 4.42 Å². The Morgan fingerprint density at radius 2 is 1.06 bits per heavy atom. The van der Waals surface area contributed by atoms with E-state index in [0.717, 1.165) is 50.0 Å². The Kier molecular flexibility index (Phi) is 6.10.